The van der Waals surface area contributed by atoms with Crippen molar-refractivity contribution < 1.29 is 19.6 Å². The van der Waals surface area contributed by atoms with Gasteiger partial charge in [-0.15, -0.1) is 4.68 Å². The Kier molecular flexibility index (Phi) is 2.13. The Morgan fingerprint density at radius 3 is 2.92 bits per heavy atom. The van der Waals surface area contributed by atoms with Gasteiger partial charge >= 0.3 is 12.0 Å². The number of ether oxygens (including phenoxy) is 1. The highest BCUT2D eigenvalue weighted by atomic mass is 16.7. The van der Waals surface area contributed by atoms with Gasteiger partial charge in [0.15, 0.2) is 0 Å². The first-order chi connectivity index (χ1) is 6.02. The van der Waals surface area contributed by atoms with E-state index in [-0.39, 0.29) is 5.75 Å². The van der Waals surface area contributed by atoms with Crippen molar-refractivity contribution in [2.45, 2.75) is 0 Å². The Bertz CT molecular complexity index is 357. The van der Waals surface area contributed by atoms with Crippen molar-refractivity contribution in [2.75, 3.05) is 0 Å². The van der Waals surface area contributed by atoms with Crippen LogP contribution in [0.2, 0.25) is 0 Å². The first-order valence-electron chi connectivity index (χ1n) is 3.09. The lowest BCUT2D eigenvalue weighted by atomic mass is 10.6. The molecule has 0 atom stereocenters. The smallest absolute Gasteiger partial charge is 0.449 e. The van der Waals surface area contributed by atoms with Crippen molar-refractivity contribution in [1.29, 1.82) is 0 Å². The summed E-state index contributed by atoms with van der Waals surface area (Å²) in [4.78, 5) is 19.7. The van der Waals surface area contributed by atoms with Crippen LogP contribution in [0.5, 0.6) is 5.75 Å². The van der Waals surface area contributed by atoms with Crippen LogP contribution < -0.4 is 4.74 Å². The molecule has 0 amide bonds. The molecule has 1 N–H and O–H groups in total. The molecule has 0 aliphatic heterocycles. The van der Waals surface area contributed by atoms with E-state index >= 15 is 0 Å². The molecule has 0 bridgehead atoms. The summed E-state index contributed by atoms with van der Waals surface area (Å²) in [5, 5.41) is 22.0. The van der Waals surface area contributed by atoms with Crippen LogP contribution in [-0.2, 0) is 7.05 Å². The summed E-state index contributed by atoms with van der Waals surface area (Å²) >= 11 is 0. The number of hydrogen-bond acceptors (Lipinski definition) is 5. The van der Waals surface area contributed by atoms with E-state index in [4.69, 9.17) is 5.11 Å². The van der Waals surface area contributed by atoms with Crippen LogP contribution in [0.3, 0.4) is 0 Å². The molecule has 1 rings (SSSR count). The topological polar surface area (TPSA) is 107 Å². The number of carbonyl (C=O) groups is 1. The highest BCUT2D eigenvalue weighted by Gasteiger charge is 2.22. The van der Waals surface area contributed by atoms with Gasteiger partial charge in [-0.1, -0.05) is 5.10 Å². The van der Waals surface area contributed by atoms with E-state index in [0.717, 1.165) is 10.9 Å². The minimum atomic E-state index is -1.61. The zero-order valence-electron chi connectivity index (χ0n) is 6.50. The number of hydrogen-bond donors (Lipinski definition) is 1. The first kappa shape index (κ1) is 8.97. The molecule has 13 heavy (non-hydrogen) atoms. The molecule has 1 aromatic heterocycles. The van der Waals surface area contributed by atoms with Crippen LogP contribution in [0.4, 0.5) is 10.6 Å². The summed E-state index contributed by atoms with van der Waals surface area (Å²) in [5.41, 5.74) is 0. The molecule has 0 aromatic carbocycles. The van der Waals surface area contributed by atoms with Gasteiger partial charge in [0.05, 0.1) is 0 Å². The Morgan fingerprint density at radius 1 is 1.85 bits per heavy atom. The summed E-state index contributed by atoms with van der Waals surface area (Å²) in [6.45, 7) is 0. The zero-order chi connectivity index (χ0) is 10.0. The van der Waals surface area contributed by atoms with Gasteiger partial charge in [0.25, 0.3) is 5.75 Å². The van der Waals surface area contributed by atoms with Gasteiger partial charge in [-0.3, -0.25) is 0 Å². The Hall–Kier alpha value is -2.12. The third-order valence-corrected chi connectivity index (χ3v) is 1.25. The van der Waals surface area contributed by atoms with Crippen LogP contribution >= 0.6 is 0 Å². The van der Waals surface area contributed by atoms with E-state index in [1.165, 1.54) is 7.05 Å². The van der Waals surface area contributed by atoms with Gasteiger partial charge in [0, 0.05) is 0 Å². The quantitative estimate of drug-likeness (QED) is 0.407. The number of aryl methyl sites for hydroxylation is 1. The van der Waals surface area contributed by atoms with Crippen molar-refractivity contribution in [3.8, 4) is 5.75 Å². The summed E-state index contributed by atoms with van der Waals surface area (Å²) in [6, 6.07) is 0. The van der Waals surface area contributed by atoms with E-state index < -0.39 is 16.9 Å². The third-order valence-electron chi connectivity index (χ3n) is 1.25. The second-order valence-electron chi connectivity index (χ2n) is 2.08. The lowest BCUT2D eigenvalue weighted by Crippen LogP contribution is -2.05. The van der Waals surface area contributed by atoms with E-state index in [1.807, 2.05) is 0 Å². The van der Waals surface area contributed by atoms with Crippen molar-refractivity contribution >= 4 is 12.0 Å². The fourth-order valence-electron chi connectivity index (χ4n) is 0.785. The minimum Gasteiger partial charge on any atom is -0.449 e. The van der Waals surface area contributed by atoms with Crippen LogP contribution in [0.1, 0.15) is 0 Å². The zero-order valence-corrected chi connectivity index (χ0v) is 6.50. The molecule has 0 spiro atoms. The average Bonchev–Trinajstić information content (AvgIpc) is 2.30. The summed E-state index contributed by atoms with van der Waals surface area (Å²) in [7, 11) is 1.31. The fraction of sp³-hybridized carbons (Fsp3) is 0.200. The monoisotopic (exact) mass is 187 g/mol. The molecule has 1 aromatic rings. The second kappa shape index (κ2) is 3.09. The molecule has 0 aliphatic carbocycles. The molecule has 0 aliphatic rings. The summed E-state index contributed by atoms with van der Waals surface area (Å²) in [6.07, 6.45) is -0.650. The van der Waals surface area contributed by atoms with Crippen LogP contribution in [0.25, 0.3) is 0 Å². The molecule has 0 radical (unpaired) electrons. The lowest BCUT2D eigenvalue weighted by Gasteiger charge is -1.96. The number of nitro groups is 1. The number of carboxylic acid groups (broad SMARTS) is 1. The van der Waals surface area contributed by atoms with E-state index in [1.54, 1.807) is 0 Å². The highest BCUT2D eigenvalue weighted by molar-refractivity contribution is 5.63. The number of aromatic nitrogens is 2. The molecular weight excluding hydrogens is 182 g/mol. The Morgan fingerprint density at radius 2 is 2.46 bits per heavy atom. The summed E-state index contributed by atoms with van der Waals surface area (Å²) < 4.78 is 5.03. The van der Waals surface area contributed by atoms with Gasteiger partial charge in [-0.05, 0) is 4.92 Å². The maximum absolute atomic E-state index is 10.4. The van der Waals surface area contributed by atoms with Gasteiger partial charge in [0.1, 0.15) is 13.2 Å². The van der Waals surface area contributed by atoms with Gasteiger partial charge < -0.3 is 20.0 Å². The van der Waals surface area contributed by atoms with E-state index in [2.05, 4.69) is 9.84 Å². The maximum atomic E-state index is 10.4. The highest BCUT2D eigenvalue weighted by Crippen LogP contribution is 2.24. The average molecular weight is 187 g/mol. The van der Waals surface area contributed by atoms with Gasteiger partial charge in [-0.25, -0.2) is 4.79 Å². The van der Waals surface area contributed by atoms with Crippen molar-refractivity contribution in [2.24, 2.45) is 7.05 Å². The standard InChI is InChI=1S/C5H5N3O5/c1-7-4(8(11)12)3(2-6-7)13-5(9)10/h2H,1H3,(H,9,10). The maximum Gasteiger partial charge on any atom is 0.511 e. The molecule has 1 heterocycles. The normalized spacial score (nSPS) is 9.62. The molecule has 0 fully saturated rings. The largest absolute Gasteiger partial charge is 0.511 e. The van der Waals surface area contributed by atoms with Crippen LogP contribution in [-0.4, -0.2) is 26.0 Å². The summed E-state index contributed by atoms with van der Waals surface area (Å²) in [5.74, 6) is -0.887. The molecule has 8 heteroatoms. The lowest BCUT2D eigenvalue weighted by molar-refractivity contribution is -0.393. The SMILES string of the molecule is Cn1ncc(OC(=O)O)c1[N+](=O)[O-]. The van der Waals surface area contributed by atoms with Gasteiger partial charge in [0.2, 0.25) is 0 Å². The van der Waals surface area contributed by atoms with Crippen LogP contribution in [0, 0.1) is 10.1 Å². The minimum absolute atomic E-state index is 0.389. The molecule has 8 nitrogen and oxygen atoms in total. The van der Waals surface area contributed by atoms with Crippen molar-refractivity contribution in [1.82, 2.24) is 9.78 Å². The molecule has 0 unspecified atom stereocenters. The van der Waals surface area contributed by atoms with Gasteiger partial charge in [-0.2, -0.15) is 0 Å². The number of nitrogens with zero attached hydrogens (tertiary/aromatic N) is 3. The molecular formula is C5H5N3O5. The van der Waals surface area contributed by atoms with Crippen molar-refractivity contribution in [3.05, 3.63) is 16.3 Å². The second-order valence-corrected chi connectivity index (χ2v) is 2.08. The predicted molar refractivity (Wildman–Crippen MR) is 38.5 cm³/mol. The number of rotatable bonds is 2. The predicted octanol–water partition coefficient (Wildman–Crippen LogP) is 0.385. The van der Waals surface area contributed by atoms with Crippen LogP contribution in [0.15, 0.2) is 6.20 Å². The Balaban J connectivity index is 3.07. The molecule has 0 saturated heterocycles. The Labute approximate surface area is 71.5 Å². The molecule has 70 valence electrons. The van der Waals surface area contributed by atoms with Crippen molar-refractivity contribution in [3.63, 3.8) is 0 Å². The molecule has 0 saturated carbocycles. The van der Waals surface area contributed by atoms with E-state index in [9.17, 15) is 14.9 Å². The van der Waals surface area contributed by atoms with E-state index in [0.29, 0.717) is 0 Å². The fourth-order valence-corrected chi connectivity index (χ4v) is 0.785. The third kappa shape index (κ3) is 1.72. The first-order valence-corrected chi connectivity index (χ1v) is 3.09.